The second kappa shape index (κ2) is 8.93. The molecule has 26 heavy (non-hydrogen) atoms. The average Bonchev–Trinajstić information content (AvgIpc) is 2.61. The molecule has 0 amide bonds. The molecule has 0 atom stereocenters. The van der Waals surface area contributed by atoms with Crippen LogP contribution in [-0.2, 0) is 15.0 Å². The van der Waals surface area contributed by atoms with Gasteiger partial charge < -0.3 is 0 Å². The van der Waals surface area contributed by atoms with Crippen LogP contribution >= 0.6 is 0 Å². The molecule has 0 unspecified atom stereocenters. The molecule has 136 valence electrons. The number of Topliss-reactive ketones (excluding diaryl/α,β-unsaturated/α-hetero) is 1. The Balaban J connectivity index is 2.48. The Kier molecular flexibility index (Phi) is 6.90. The van der Waals surface area contributed by atoms with E-state index in [0.29, 0.717) is 14.4 Å². The predicted molar refractivity (Wildman–Crippen MR) is 97.5 cm³/mol. The van der Waals surface area contributed by atoms with Gasteiger partial charge in [-0.15, -0.1) is 0 Å². The maximum atomic E-state index is 12.8. The third-order valence-electron chi connectivity index (χ3n) is 3.64. The van der Waals surface area contributed by atoms with Gasteiger partial charge in [-0.05, 0) is 0 Å². The number of rotatable bonds is 7. The van der Waals surface area contributed by atoms with E-state index in [9.17, 15) is 14.4 Å². The number of hydrogen-bond acceptors (Lipinski definition) is 6. The van der Waals surface area contributed by atoms with Gasteiger partial charge in [0, 0.05) is 0 Å². The monoisotopic (exact) mass is 552 g/mol. The Morgan fingerprint density at radius 1 is 0.846 bits per heavy atom. The molecule has 0 heterocycles. The summed E-state index contributed by atoms with van der Waals surface area (Å²) in [5.74, 6) is -0.782. The average molecular weight is 552 g/mol. The first kappa shape index (κ1) is 20.1. The van der Waals surface area contributed by atoms with Crippen LogP contribution in [0.15, 0.2) is 54.6 Å². The SMILES string of the molecule is COc1cc[c]([Pb]([CH2]C(=O)c2ccccc2)([O]C(C)=O)[O]C(C)=O)cc1. The quantitative estimate of drug-likeness (QED) is 0.389. The zero-order valence-corrected chi connectivity index (χ0v) is 18.7. The van der Waals surface area contributed by atoms with E-state index in [1.54, 1.807) is 54.6 Å². The van der Waals surface area contributed by atoms with Crippen molar-refractivity contribution in [3.8, 4) is 5.75 Å². The zero-order chi connectivity index (χ0) is 19.2. The van der Waals surface area contributed by atoms with Crippen molar-refractivity contribution in [3.05, 3.63) is 60.2 Å². The first-order chi connectivity index (χ1) is 12.4. The Hall–Kier alpha value is -2.23. The van der Waals surface area contributed by atoms with Crippen LogP contribution < -0.4 is 7.86 Å². The summed E-state index contributed by atoms with van der Waals surface area (Å²) in [6.07, 6.45) is 0. The van der Waals surface area contributed by atoms with Crippen molar-refractivity contribution in [1.29, 1.82) is 0 Å². The van der Waals surface area contributed by atoms with Crippen LogP contribution in [0.3, 0.4) is 0 Å². The van der Waals surface area contributed by atoms with Crippen molar-refractivity contribution in [2.75, 3.05) is 7.11 Å². The molecule has 2 rings (SSSR count). The molecule has 0 saturated carbocycles. The molecule has 0 spiro atoms. The van der Waals surface area contributed by atoms with E-state index in [0.717, 1.165) is 0 Å². The summed E-state index contributed by atoms with van der Waals surface area (Å²) in [7, 11) is 1.53. The fourth-order valence-electron chi connectivity index (χ4n) is 2.56. The maximum absolute atomic E-state index is 12.8. The summed E-state index contributed by atoms with van der Waals surface area (Å²) in [6, 6.07) is 15.4. The molecule has 0 aliphatic carbocycles. The van der Waals surface area contributed by atoms with Gasteiger partial charge in [0.1, 0.15) is 0 Å². The van der Waals surface area contributed by atoms with Gasteiger partial charge in [-0.3, -0.25) is 0 Å². The number of methoxy groups -OCH3 is 1. The predicted octanol–water partition coefficient (Wildman–Crippen LogP) is 2.35. The summed E-state index contributed by atoms with van der Waals surface area (Å²) >= 11 is -4.78. The van der Waals surface area contributed by atoms with Crippen molar-refractivity contribution < 1.29 is 24.5 Å². The van der Waals surface area contributed by atoms with Gasteiger partial charge in [0.15, 0.2) is 0 Å². The van der Waals surface area contributed by atoms with Gasteiger partial charge >= 0.3 is 158 Å². The number of ether oxygens (including phenoxy) is 1. The minimum atomic E-state index is -4.78. The number of carbonyl (C=O) groups excluding carboxylic acids is 3. The van der Waals surface area contributed by atoms with E-state index >= 15 is 0 Å². The second-order valence-corrected chi connectivity index (χ2v) is 16.7. The molecular formula is C19H20O6Pb. The van der Waals surface area contributed by atoms with Crippen LogP contribution in [0.4, 0.5) is 0 Å². The Morgan fingerprint density at radius 3 is 1.85 bits per heavy atom. The van der Waals surface area contributed by atoms with E-state index in [2.05, 4.69) is 0 Å². The summed E-state index contributed by atoms with van der Waals surface area (Å²) in [5.41, 5.74) is 0.477. The van der Waals surface area contributed by atoms with Gasteiger partial charge in [-0.25, -0.2) is 0 Å². The Morgan fingerprint density at radius 2 is 1.38 bits per heavy atom. The van der Waals surface area contributed by atoms with Crippen molar-refractivity contribution in [2.45, 2.75) is 17.8 Å². The molecule has 0 aromatic heterocycles. The fraction of sp³-hybridized carbons (Fsp3) is 0.211. The van der Waals surface area contributed by atoms with Crippen LogP contribution in [0, 0.1) is 0 Å². The van der Waals surface area contributed by atoms with Gasteiger partial charge in [0.05, 0.1) is 0 Å². The molecule has 0 saturated heterocycles. The first-order valence-corrected chi connectivity index (χ1v) is 15.8. The number of carbonyl (C=O) groups is 3. The minimum absolute atomic E-state index is 0.123. The van der Waals surface area contributed by atoms with Crippen LogP contribution in [0.1, 0.15) is 24.2 Å². The Bertz CT molecular complexity index is 769. The molecule has 0 bridgehead atoms. The topological polar surface area (TPSA) is 78.9 Å². The first-order valence-electron chi connectivity index (χ1n) is 7.98. The third-order valence-corrected chi connectivity index (χ3v) is 16.2. The second-order valence-electron chi connectivity index (χ2n) is 5.63. The van der Waals surface area contributed by atoms with E-state index in [4.69, 9.17) is 10.1 Å². The fourth-order valence-corrected chi connectivity index (χ4v) is 13.7. The van der Waals surface area contributed by atoms with Crippen LogP contribution in [0.2, 0.25) is 3.98 Å². The number of hydrogen-bond donors (Lipinski definition) is 0. The number of ketones is 1. The van der Waals surface area contributed by atoms with E-state index in [1.165, 1.54) is 21.0 Å². The summed E-state index contributed by atoms with van der Waals surface area (Å²) in [5, 5.41) is 0. The molecule has 6 nitrogen and oxygen atoms in total. The zero-order valence-electron chi connectivity index (χ0n) is 14.9. The van der Waals surface area contributed by atoms with Gasteiger partial charge in [-0.1, -0.05) is 0 Å². The van der Waals surface area contributed by atoms with E-state index in [1.807, 2.05) is 0 Å². The summed E-state index contributed by atoms with van der Waals surface area (Å²) in [6.45, 7) is 2.49. The van der Waals surface area contributed by atoms with Gasteiger partial charge in [0.2, 0.25) is 0 Å². The van der Waals surface area contributed by atoms with Crippen molar-refractivity contribution in [2.24, 2.45) is 0 Å². The molecule has 7 heteroatoms. The van der Waals surface area contributed by atoms with Crippen molar-refractivity contribution >= 4 is 42.9 Å². The van der Waals surface area contributed by atoms with Crippen molar-refractivity contribution in [1.82, 2.24) is 0 Å². The normalized spacial score (nSPS) is 10.7. The Labute approximate surface area is 158 Å². The molecule has 0 aliphatic rings. The molecular weight excluding hydrogens is 531 g/mol. The van der Waals surface area contributed by atoms with Gasteiger partial charge in [-0.2, -0.15) is 0 Å². The van der Waals surface area contributed by atoms with Crippen LogP contribution in [0.25, 0.3) is 0 Å². The van der Waals surface area contributed by atoms with Crippen molar-refractivity contribution in [3.63, 3.8) is 0 Å². The molecule has 0 aliphatic heterocycles. The molecule has 0 fully saturated rings. The van der Waals surface area contributed by atoms with Crippen LogP contribution in [-0.4, -0.2) is 46.9 Å². The van der Waals surface area contributed by atoms with Gasteiger partial charge in [0.25, 0.3) is 0 Å². The molecule has 2 aromatic carbocycles. The third kappa shape index (κ3) is 5.13. The number of benzene rings is 2. The standard InChI is InChI=1S/C8H7O.C7H7O.2C2H4O2.Pb/c1-7(9)8-5-3-2-4-6-8;1-8-7-5-3-2-4-6-7;2*1-2(3)4;/h2-6H,1H2;3-6H,1H3;2*1H3,(H,3,4);/q;;;;+2/p-2. The van der Waals surface area contributed by atoms with E-state index in [-0.39, 0.29) is 9.76 Å². The molecule has 0 radical (unpaired) electrons. The van der Waals surface area contributed by atoms with Crippen LogP contribution in [0.5, 0.6) is 5.75 Å². The summed E-state index contributed by atoms with van der Waals surface area (Å²) in [4.78, 5) is 36.3. The molecule has 0 N–H and O–H groups in total. The van der Waals surface area contributed by atoms with E-state index < -0.39 is 34.0 Å². The summed E-state index contributed by atoms with van der Waals surface area (Å²) < 4.78 is 16.7. The molecule has 2 aromatic rings.